The summed E-state index contributed by atoms with van der Waals surface area (Å²) < 4.78 is 49.1. The van der Waals surface area contributed by atoms with Gasteiger partial charge in [0.25, 0.3) is 0 Å². The van der Waals surface area contributed by atoms with Crippen LogP contribution in [0.2, 0.25) is 0 Å². The number of aliphatic hydroxyl groups excluding tert-OH is 4. The maximum Gasteiger partial charge on any atom is 0.472 e. The van der Waals surface area contributed by atoms with Crippen LogP contribution in [0.5, 0.6) is 0 Å². The summed E-state index contributed by atoms with van der Waals surface area (Å²) in [6.45, 7) is 3.06. The number of hydrogen-bond donors (Lipinski definition) is 7. The third-order valence-corrected chi connectivity index (χ3v) is 12.2. The number of hydrogen-bond acceptors (Lipinski definition) is 13. The van der Waals surface area contributed by atoms with E-state index < -0.39 is 83.5 Å². The number of carbonyl (C=O) groups excluding carboxylic acids is 2. The van der Waals surface area contributed by atoms with E-state index in [4.69, 9.17) is 28.3 Å². The highest BCUT2D eigenvalue weighted by atomic mass is 31.2. The Bertz CT molecular complexity index is 1420. The fourth-order valence-electron chi connectivity index (χ4n) is 6.96. The Morgan fingerprint density at radius 1 is 0.500 bits per heavy atom. The Kier molecular flexibility index (Phi) is 34.7. The van der Waals surface area contributed by atoms with Gasteiger partial charge in [0.1, 0.15) is 43.2 Å². The largest absolute Gasteiger partial charge is 0.472 e. The van der Waals surface area contributed by atoms with Crippen LogP contribution in [0, 0.1) is 0 Å². The number of allylic oxidation sites excluding steroid dienone is 8. The van der Waals surface area contributed by atoms with Crippen LogP contribution in [-0.2, 0) is 41.8 Å². The van der Waals surface area contributed by atoms with Crippen molar-refractivity contribution in [2.75, 3.05) is 13.2 Å². The quantitative estimate of drug-likeness (QED) is 0.0131. The lowest BCUT2D eigenvalue weighted by Gasteiger charge is -2.43. The van der Waals surface area contributed by atoms with Gasteiger partial charge in [-0.2, -0.15) is 0 Å². The van der Waals surface area contributed by atoms with Gasteiger partial charge in [0, 0.05) is 12.8 Å². The Morgan fingerprint density at radius 3 is 1.36 bits per heavy atom. The maximum atomic E-state index is 12.9. The van der Waals surface area contributed by atoms with Crippen LogP contribution in [0.3, 0.4) is 0 Å². The van der Waals surface area contributed by atoms with Gasteiger partial charge in [-0.25, -0.2) is 9.13 Å². The zero-order valence-electron chi connectivity index (χ0n) is 38.5. The van der Waals surface area contributed by atoms with Crippen LogP contribution in [0.1, 0.15) is 174 Å². The van der Waals surface area contributed by atoms with Gasteiger partial charge in [0.15, 0.2) is 6.10 Å². The number of ether oxygens (including phenoxy) is 2. The second-order valence-corrected chi connectivity index (χ2v) is 19.1. The molecule has 1 saturated carbocycles. The highest BCUT2D eigenvalue weighted by Crippen LogP contribution is 2.48. The lowest BCUT2D eigenvalue weighted by molar-refractivity contribution is -0.216. The Labute approximate surface area is 382 Å². The fraction of sp³-hybridized carbons (Fsp3) is 0.783. The van der Waals surface area contributed by atoms with Crippen molar-refractivity contribution < 1.29 is 76.9 Å². The highest BCUT2D eigenvalue weighted by molar-refractivity contribution is 7.47. The summed E-state index contributed by atoms with van der Waals surface area (Å²) in [6.07, 6.45) is 26.6. The van der Waals surface area contributed by atoms with Crippen molar-refractivity contribution in [1.82, 2.24) is 0 Å². The van der Waals surface area contributed by atoms with E-state index >= 15 is 0 Å². The van der Waals surface area contributed by atoms with Gasteiger partial charge >= 0.3 is 27.6 Å². The molecule has 0 amide bonds. The summed E-state index contributed by atoms with van der Waals surface area (Å²) in [7, 11) is -10.6. The van der Waals surface area contributed by atoms with Crippen LogP contribution < -0.4 is 0 Å². The molecule has 16 nitrogen and oxygen atoms in total. The topological polar surface area (TPSA) is 256 Å². The smallest absolute Gasteiger partial charge is 0.462 e. The van der Waals surface area contributed by atoms with E-state index in [9.17, 15) is 44.0 Å². The van der Waals surface area contributed by atoms with E-state index in [1.54, 1.807) is 0 Å². The van der Waals surface area contributed by atoms with Crippen LogP contribution in [0.25, 0.3) is 0 Å². The first-order chi connectivity index (χ1) is 30.6. The Morgan fingerprint density at radius 2 is 0.891 bits per heavy atom. The molecule has 18 heteroatoms. The molecule has 1 aliphatic carbocycles. The number of carbonyl (C=O) groups is 2. The minimum atomic E-state index is -5.31. The van der Waals surface area contributed by atoms with Crippen LogP contribution >= 0.6 is 15.6 Å². The van der Waals surface area contributed by atoms with Crippen molar-refractivity contribution in [3.63, 3.8) is 0 Å². The van der Waals surface area contributed by atoms with Crippen LogP contribution in [0.4, 0.5) is 0 Å². The van der Waals surface area contributed by atoms with Gasteiger partial charge in [-0.1, -0.05) is 159 Å². The first-order valence-corrected chi connectivity index (χ1v) is 26.7. The standard InChI is InChI=1S/C46H82O16P2/c1-3-5-7-9-11-13-15-17-19-20-21-23-25-27-29-31-33-35-40(48)60-38(36-58-39(47)34-32-30-28-26-24-22-18-16-14-12-10-8-6-4-2)37-59-64(56,57)62-46-43(51)41(49)45(42(50)44(46)52)61-63(53,54)55/h11,13,17,19,21,23,27,29,38,41-46,49-52H,3-10,12,14-16,18,20,22,24-26,28,30-37H2,1-2H3,(H,56,57)(H2,53,54,55)/b13-11+,19-17+,23-21+,29-27+. The van der Waals surface area contributed by atoms with E-state index in [2.05, 4.69) is 54.8 Å². The number of phosphoric acid groups is 2. The lowest BCUT2D eigenvalue weighted by Crippen LogP contribution is -2.64. The third kappa shape index (κ3) is 31.0. The molecule has 0 radical (unpaired) electrons. The van der Waals surface area contributed by atoms with Crippen LogP contribution in [0.15, 0.2) is 48.6 Å². The Hall–Kier alpha value is -2.04. The minimum absolute atomic E-state index is 0.0249. The molecule has 0 aromatic rings. The van der Waals surface area contributed by atoms with E-state index in [0.717, 1.165) is 51.4 Å². The molecule has 372 valence electrons. The predicted octanol–water partition coefficient (Wildman–Crippen LogP) is 8.90. The van der Waals surface area contributed by atoms with Gasteiger partial charge < -0.3 is 44.6 Å². The first-order valence-electron chi connectivity index (χ1n) is 23.7. The van der Waals surface area contributed by atoms with E-state index in [1.807, 2.05) is 12.2 Å². The molecule has 0 aromatic carbocycles. The first kappa shape index (κ1) is 60.0. The van der Waals surface area contributed by atoms with Gasteiger partial charge in [-0.3, -0.25) is 23.2 Å². The molecule has 0 bridgehead atoms. The molecule has 0 spiro atoms. The molecule has 64 heavy (non-hydrogen) atoms. The molecule has 0 heterocycles. The fourth-order valence-corrected chi connectivity index (χ4v) is 8.50. The van der Waals surface area contributed by atoms with Crippen molar-refractivity contribution in [3.8, 4) is 0 Å². The molecule has 0 saturated heterocycles. The zero-order valence-corrected chi connectivity index (χ0v) is 40.2. The van der Waals surface area contributed by atoms with Gasteiger partial charge in [0.05, 0.1) is 6.61 Å². The number of aliphatic hydroxyl groups is 4. The number of unbranched alkanes of at least 4 members (excludes halogenated alkanes) is 17. The molecular weight excluding hydrogens is 870 g/mol. The maximum absolute atomic E-state index is 12.9. The Balaban J connectivity index is 2.62. The van der Waals surface area contributed by atoms with Gasteiger partial charge in [-0.05, 0) is 51.4 Å². The average molecular weight is 953 g/mol. The zero-order chi connectivity index (χ0) is 47.5. The molecule has 1 fully saturated rings. The SMILES string of the molecule is CCCCC/C=C/C/C=C/C/C=C/C/C=C/CCCC(=O)OC(COC(=O)CCCCCCCCCCCCCCCC)COP(=O)(O)OC1C(O)C(O)C(OP(=O)(O)O)C(O)C1O. The number of esters is 2. The molecule has 7 N–H and O–H groups in total. The summed E-state index contributed by atoms with van der Waals surface area (Å²) in [6, 6.07) is 0. The van der Waals surface area contributed by atoms with E-state index in [-0.39, 0.29) is 12.8 Å². The summed E-state index contributed by atoms with van der Waals surface area (Å²) >= 11 is 0. The molecule has 1 aliphatic rings. The summed E-state index contributed by atoms with van der Waals surface area (Å²) in [5.41, 5.74) is 0. The van der Waals surface area contributed by atoms with Gasteiger partial charge in [-0.15, -0.1) is 0 Å². The molecule has 0 aliphatic heterocycles. The van der Waals surface area contributed by atoms with Crippen molar-refractivity contribution in [1.29, 1.82) is 0 Å². The summed E-state index contributed by atoms with van der Waals surface area (Å²) in [5.74, 6) is -1.26. The molecule has 6 atom stereocenters. The van der Waals surface area contributed by atoms with E-state index in [0.29, 0.717) is 19.3 Å². The van der Waals surface area contributed by atoms with Crippen LogP contribution in [-0.4, -0.2) is 103 Å². The van der Waals surface area contributed by atoms with Gasteiger partial charge in [0.2, 0.25) is 0 Å². The molecular formula is C46H82O16P2. The summed E-state index contributed by atoms with van der Waals surface area (Å²) in [4.78, 5) is 54.0. The predicted molar refractivity (Wildman–Crippen MR) is 246 cm³/mol. The molecule has 1 rings (SSSR count). The normalized spacial score (nSPS) is 22.2. The second kappa shape index (κ2) is 37.0. The third-order valence-electron chi connectivity index (χ3n) is 10.7. The monoisotopic (exact) mass is 953 g/mol. The minimum Gasteiger partial charge on any atom is -0.462 e. The molecule has 0 aromatic heterocycles. The lowest BCUT2D eigenvalue weighted by atomic mass is 9.85. The second-order valence-electron chi connectivity index (χ2n) is 16.5. The average Bonchev–Trinajstić information content (AvgIpc) is 3.25. The summed E-state index contributed by atoms with van der Waals surface area (Å²) in [5, 5.41) is 41.4. The highest BCUT2D eigenvalue weighted by Gasteiger charge is 2.54. The van der Waals surface area contributed by atoms with E-state index in [1.165, 1.54) is 77.0 Å². The van der Waals surface area contributed by atoms with Crippen molar-refractivity contribution in [2.24, 2.45) is 0 Å². The van der Waals surface area contributed by atoms with Crippen molar-refractivity contribution in [2.45, 2.75) is 217 Å². The number of phosphoric ester groups is 2. The van der Waals surface area contributed by atoms with Crippen molar-refractivity contribution in [3.05, 3.63) is 48.6 Å². The van der Waals surface area contributed by atoms with Crippen molar-refractivity contribution >= 4 is 27.6 Å². The number of rotatable bonds is 39. The molecule has 6 unspecified atom stereocenters.